The molecule has 1 saturated heterocycles. The zero-order valence-electron chi connectivity index (χ0n) is 17.5. The first-order valence-corrected chi connectivity index (χ1v) is 11.7. The fraction of sp³-hybridized carbons (Fsp3) is 0.435. The van der Waals surface area contributed by atoms with Gasteiger partial charge in [0.1, 0.15) is 10.4 Å². The van der Waals surface area contributed by atoms with E-state index in [2.05, 4.69) is 10.2 Å². The van der Waals surface area contributed by atoms with Crippen molar-refractivity contribution < 1.29 is 9.53 Å². The Hall–Kier alpha value is -2.87. The normalized spacial score (nSPS) is 18.9. The highest BCUT2D eigenvalue weighted by Gasteiger charge is 2.30. The maximum Gasteiger partial charge on any atom is 0.277 e. The van der Waals surface area contributed by atoms with Crippen molar-refractivity contribution in [2.75, 3.05) is 31.6 Å². The molecular weight excluding hydrogens is 412 g/mol. The molecular formula is C23H26N4O3S. The number of piperidine rings is 1. The average molecular weight is 439 g/mol. The summed E-state index contributed by atoms with van der Waals surface area (Å²) in [7, 11) is 1.61. The van der Waals surface area contributed by atoms with Crippen molar-refractivity contribution in [3.63, 3.8) is 0 Å². The average Bonchev–Trinajstić information content (AvgIpc) is 3.52. The van der Waals surface area contributed by atoms with Crippen LogP contribution in [0.15, 0.2) is 40.5 Å². The van der Waals surface area contributed by atoms with Gasteiger partial charge in [-0.25, -0.2) is 9.55 Å². The number of ether oxygens (including phenoxy) is 1. The minimum absolute atomic E-state index is 0.0939. The van der Waals surface area contributed by atoms with E-state index in [-0.39, 0.29) is 17.4 Å². The highest BCUT2D eigenvalue weighted by molar-refractivity contribution is 7.17. The molecule has 0 radical (unpaired) electrons. The molecule has 3 aromatic rings. The number of rotatable bonds is 6. The SMILES string of the molecule is COc1cccc(-n2c(N3CCCC(C(=O)NCC4CC4)C3)nc3ccsc3c2=O)c1. The van der Waals surface area contributed by atoms with Crippen LogP contribution in [-0.2, 0) is 4.79 Å². The second-order valence-corrected chi connectivity index (χ2v) is 9.28. The van der Waals surface area contributed by atoms with Gasteiger partial charge in [-0.1, -0.05) is 6.07 Å². The van der Waals surface area contributed by atoms with Crippen LogP contribution in [0.3, 0.4) is 0 Å². The molecule has 0 spiro atoms. The number of hydrogen-bond acceptors (Lipinski definition) is 6. The number of anilines is 1. The zero-order chi connectivity index (χ0) is 21.4. The van der Waals surface area contributed by atoms with Crippen molar-refractivity contribution in [2.45, 2.75) is 25.7 Å². The molecule has 162 valence electrons. The summed E-state index contributed by atoms with van der Waals surface area (Å²) in [5, 5.41) is 5.01. The second-order valence-electron chi connectivity index (χ2n) is 8.36. The number of carbonyl (C=O) groups is 1. The summed E-state index contributed by atoms with van der Waals surface area (Å²) in [6.45, 7) is 2.10. The quantitative estimate of drug-likeness (QED) is 0.640. The van der Waals surface area contributed by atoms with E-state index >= 15 is 0 Å². The lowest BCUT2D eigenvalue weighted by Crippen LogP contribution is -2.45. The first-order chi connectivity index (χ1) is 15.1. The fourth-order valence-corrected chi connectivity index (χ4v) is 4.94. The van der Waals surface area contributed by atoms with Gasteiger partial charge in [0.05, 0.1) is 24.2 Å². The number of fused-ring (bicyclic) bond motifs is 1. The highest BCUT2D eigenvalue weighted by Crippen LogP contribution is 2.29. The molecule has 1 atom stereocenters. The van der Waals surface area contributed by atoms with E-state index in [4.69, 9.17) is 9.72 Å². The Balaban J connectivity index is 1.52. The van der Waals surface area contributed by atoms with E-state index in [1.54, 1.807) is 11.7 Å². The zero-order valence-corrected chi connectivity index (χ0v) is 18.4. The Bertz CT molecular complexity index is 1170. The lowest BCUT2D eigenvalue weighted by atomic mass is 9.97. The van der Waals surface area contributed by atoms with E-state index in [0.717, 1.165) is 25.9 Å². The van der Waals surface area contributed by atoms with Gasteiger partial charge in [-0.05, 0) is 55.2 Å². The molecule has 2 fully saturated rings. The molecule has 1 saturated carbocycles. The van der Waals surface area contributed by atoms with Crippen molar-refractivity contribution in [2.24, 2.45) is 11.8 Å². The molecule has 1 aromatic carbocycles. The van der Waals surface area contributed by atoms with Gasteiger partial charge < -0.3 is 15.0 Å². The summed E-state index contributed by atoms with van der Waals surface area (Å²) in [6, 6.07) is 9.33. The van der Waals surface area contributed by atoms with Gasteiger partial charge in [0.15, 0.2) is 0 Å². The molecule has 5 rings (SSSR count). The van der Waals surface area contributed by atoms with Crippen LogP contribution in [0, 0.1) is 11.8 Å². The summed E-state index contributed by atoms with van der Waals surface area (Å²) < 4.78 is 7.66. The Morgan fingerprint density at radius 1 is 1.29 bits per heavy atom. The summed E-state index contributed by atoms with van der Waals surface area (Å²) in [5.41, 5.74) is 1.32. The number of thiophene rings is 1. The number of nitrogens with zero attached hydrogens (tertiary/aromatic N) is 3. The molecule has 0 bridgehead atoms. The van der Waals surface area contributed by atoms with Gasteiger partial charge in [0.25, 0.3) is 5.56 Å². The summed E-state index contributed by atoms with van der Waals surface area (Å²) in [4.78, 5) is 33.1. The largest absolute Gasteiger partial charge is 0.497 e. The lowest BCUT2D eigenvalue weighted by molar-refractivity contribution is -0.125. The highest BCUT2D eigenvalue weighted by atomic mass is 32.1. The van der Waals surface area contributed by atoms with Gasteiger partial charge in [-0.15, -0.1) is 11.3 Å². The summed E-state index contributed by atoms with van der Waals surface area (Å²) >= 11 is 1.40. The number of amides is 1. The van der Waals surface area contributed by atoms with E-state index in [9.17, 15) is 9.59 Å². The molecule has 1 amide bonds. The Kier molecular flexibility index (Phi) is 5.40. The van der Waals surface area contributed by atoms with Crippen LogP contribution in [-0.4, -0.2) is 42.2 Å². The van der Waals surface area contributed by atoms with Gasteiger partial charge in [-0.2, -0.15) is 0 Å². The van der Waals surface area contributed by atoms with Gasteiger partial charge in [-0.3, -0.25) is 9.59 Å². The van der Waals surface area contributed by atoms with E-state index in [1.165, 1.54) is 24.2 Å². The third kappa shape index (κ3) is 4.04. The lowest BCUT2D eigenvalue weighted by Gasteiger charge is -2.34. The number of nitrogens with one attached hydrogen (secondary N) is 1. The number of methoxy groups -OCH3 is 1. The number of aromatic nitrogens is 2. The number of carbonyl (C=O) groups excluding carboxylic acids is 1. The van der Waals surface area contributed by atoms with Crippen molar-refractivity contribution in [1.82, 2.24) is 14.9 Å². The maximum atomic E-state index is 13.4. The number of benzene rings is 1. The molecule has 1 aliphatic carbocycles. The Labute approximate surface area is 184 Å². The molecule has 2 aliphatic rings. The molecule has 8 heteroatoms. The van der Waals surface area contributed by atoms with Gasteiger partial charge in [0.2, 0.25) is 11.9 Å². The Morgan fingerprint density at radius 2 is 2.16 bits per heavy atom. The van der Waals surface area contributed by atoms with Crippen LogP contribution < -0.4 is 20.5 Å². The fourth-order valence-electron chi connectivity index (χ4n) is 4.18. The molecule has 1 N–H and O–H groups in total. The van der Waals surface area contributed by atoms with E-state index < -0.39 is 0 Å². The van der Waals surface area contributed by atoms with Crippen molar-refractivity contribution in [3.05, 3.63) is 46.1 Å². The van der Waals surface area contributed by atoms with Gasteiger partial charge >= 0.3 is 0 Å². The first kappa shape index (κ1) is 20.1. The molecule has 1 aliphatic heterocycles. The van der Waals surface area contributed by atoms with Crippen molar-refractivity contribution in [1.29, 1.82) is 0 Å². The van der Waals surface area contributed by atoms with E-state index in [1.807, 2.05) is 35.7 Å². The minimum Gasteiger partial charge on any atom is -0.497 e. The van der Waals surface area contributed by atoms with Crippen LogP contribution >= 0.6 is 11.3 Å². The maximum absolute atomic E-state index is 13.4. The third-order valence-corrected chi connectivity index (χ3v) is 7.00. The van der Waals surface area contributed by atoms with Crippen LogP contribution in [0.5, 0.6) is 5.75 Å². The van der Waals surface area contributed by atoms with Crippen LogP contribution in [0.25, 0.3) is 15.9 Å². The van der Waals surface area contributed by atoms with Crippen molar-refractivity contribution in [3.8, 4) is 11.4 Å². The van der Waals surface area contributed by atoms with Crippen LogP contribution in [0.4, 0.5) is 5.95 Å². The van der Waals surface area contributed by atoms with Crippen LogP contribution in [0.2, 0.25) is 0 Å². The molecule has 2 aromatic heterocycles. The predicted octanol–water partition coefficient (Wildman–Crippen LogP) is 3.20. The summed E-state index contributed by atoms with van der Waals surface area (Å²) in [6.07, 6.45) is 4.18. The monoisotopic (exact) mass is 438 g/mol. The Morgan fingerprint density at radius 3 is 2.97 bits per heavy atom. The second kappa shape index (κ2) is 8.34. The molecule has 7 nitrogen and oxygen atoms in total. The topological polar surface area (TPSA) is 76.5 Å². The third-order valence-electron chi connectivity index (χ3n) is 6.11. The molecule has 3 heterocycles. The molecule has 31 heavy (non-hydrogen) atoms. The first-order valence-electron chi connectivity index (χ1n) is 10.8. The van der Waals surface area contributed by atoms with Crippen LogP contribution in [0.1, 0.15) is 25.7 Å². The van der Waals surface area contributed by atoms with E-state index in [0.29, 0.717) is 40.1 Å². The predicted molar refractivity (Wildman–Crippen MR) is 122 cm³/mol. The summed E-state index contributed by atoms with van der Waals surface area (Å²) in [5.74, 6) is 1.94. The number of hydrogen-bond donors (Lipinski definition) is 1. The minimum atomic E-state index is -0.0960. The van der Waals surface area contributed by atoms with Gasteiger partial charge in [0, 0.05) is 25.7 Å². The van der Waals surface area contributed by atoms with Crippen molar-refractivity contribution >= 4 is 33.4 Å². The standard InChI is InChI=1S/C23H26N4O3S/c1-30-18-6-2-5-17(12-18)27-22(29)20-19(9-11-31-20)25-23(27)26-10-3-4-16(14-26)21(28)24-13-15-7-8-15/h2,5-6,9,11-12,15-16H,3-4,7-8,10,13-14H2,1H3,(H,24,28). The molecule has 1 unspecified atom stereocenters. The smallest absolute Gasteiger partial charge is 0.277 e.